The van der Waals surface area contributed by atoms with Gasteiger partial charge in [0.1, 0.15) is 17.4 Å². The zero-order chi connectivity index (χ0) is 15.0. The molecule has 1 aromatic heterocycles. The molecule has 0 aliphatic rings. The highest BCUT2D eigenvalue weighted by Gasteiger charge is 2.18. The molecular formula is C17H17BrN2O. The maximum Gasteiger partial charge on any atom is 0.137 e. The summed E-state index contributed by atoms with van der Waals surface area (Å²) in [5.74, 6) is 6.59. The van der Waals surface area contributed by atoms with Crippen molar-refractivity contribution in [2.75, 3.05) is 0 Å². The largest absolute Gasteiger partial charge is 0.459 e. The first-order valence-electron chi connectivity index (χ1n) is 6.81. The number of hydrazine groups is 1. The first-order chi connectivity index (χ1) is 10.1. The Morgan fingerprint density at radius 1 is 1.14 bits per heavy atom. The number of aryl methyl sites for hydroxylation is 2. The zero-order valence-corrected chi connectivity index (χ0v) is 13.6. The molecule has 21 heavy (non-hydrogen) atoms. The second-order valence-electron chi connectivity index (χ2n) is 5.30. The molecule has 0 bridgehead atoms. The minimum absolute atomic E-state index is 0.173. The van der Waals surface area contributed by atoms with E-state index in [0.29, 0.717) is 0 Å². The summed E-state index contributed by atoms with van der Waals surface area (Å²) in [4.78, 5) is 0. The summed E-state index contributed by atoms with van der Waals surface area (Å²) in [5, 5.41) is 1.09. The number of para-hydroxylation sites is 1. The van der Waals surface area contributed by atoms with Crippen LogP contribution >= 0.6 is 15.9 Å². The van der Waals surface area contributed by atoms with Gasteiger partial charge in [0.25, 0.3) is 0 Å². The molecule has 0 saturated carbocycles. The van der Waals surface area contributed by atoms with Gasteiger partial charge in [-0.2, -0.15) is 0 Å². The molecule has 0 spiro atoms. The molecule has 2 aromatic carbocycles. The van der Waals surface area contributed by atoms with Crippen molar-refractivity contribution >= 4 is 26.9 Å². The summed E-state index contributed by atoms with van der Waals surface area (Å²) in [6.45, 7) is 4.11. The third kappa shape index (κ3) is 2.75. The molecule has 3 N–H and O–H groups in total. The average Bonchev–Trinajstić information content (AvgIpc) is 2.83. The van der Waals surface area contributed by atoms with Crippen molar-refractivity contribution < 1.29 is 4.42 Å². The predicted octanol–water partition coefficient (Wildman–Crippen LogP) is 4.36. The molecule has 1 atom stereocenters. The summed E-state index contributed by atoms with van der Waals surface area (Å²) in [6, 6.07) is 14.2. The molecule has 1 heterocycles. The van der Waals surface area contributed by atoms with Gasteiger partial charge in [-0.1, -0.05) is 40.2 Å². The lowest BCUT2D eigenvalue weighted by molar-refractivity contribution is 0.476. The van der Waals surface area contributed by atoms with Crippen LogP contribution in [0.15, 0.2) is 51.4 Å². The number of nitrogens with two attached hydrogens (primary N) is 1. The Morgan fingerprint density at radius 2 is 1.95 bits per heavy atom. The van der Waals surface area contributed by atoms with Gasteiger partial charge < -0.3 is 4.42 Å². The number of benzene rings is 2. The quantitative estimate of drug-likeness (QED) is 0.548. The fourth-order valence-corrected chi connectivity index (χ4v) is 3.27. The molecule has 0 amide bonds. The van der Waals surface area contributed by atoms with Gasteiger partial charge in [-0.15, -0.1) is 0 Å². The Balaban J connectivity index is 2.11. The van der Waals surface area contributed by atoms with E-state index in [0.717, 1.165) is 32.3 Å². The smallest absolute Gasteiger partial charge is 0.137 e. The number of rotatable bonds is 3. The Morgan fingerprint density at radius 3 is 2.62 bits per heavy atom. The van der Waals surface area contributed by atoms with E-state index in [1.54, 1.807) is 0 Å². The fourth-order valence-electron chi connectivity index (χ4n) is 2.64. The Bertz CT molecular complexity index is 774. The molecule has 4 heteroatoms. The zero-order valence-electron chi connectivity index (χ0n) is 12.0. The average molecular weight is 345 g/mol. The second-order valence-corrected chi connectivity index (χ2v) is 6.22. The van der Waals surface area contributed by atoms with Crippen molar-refractivity contribution in [1.29, 1.82) is 0 Å². The van der Waals surface area contributed by atoms with Crippen molar-refractivity contribution in [3.63, 3.8) is 0 Å². The third-order valence-electron chi connectivity index (χ3n) is 3.61. The van der Waals surface area contributed by atoms with Gasteiger partial charge in [0.15, 0.2) is 0 Å². The predicted molar refractivity (Wildman–Crippen MR) is 89.0 cm³/mol. The molecule has 0 aliphatic heterocycles. The normalized spacial score (nSPS) is 12.8. The van der Waals surface area contributed by atoms with Gasteiger partial charge >= 0.3 is 0 Å². The highest BCUT2D eigenvalue weighted by molar-refractivity contribution is 9.10. The number of halogens is 1. The van der Waals surface area contributed by atoms with Crippen molar-refractivity contribution in [2.45, 2.75) is 19.9 Å². The Labute approximate surface area is 132 Å². The minimum Gasteiger partial charge on any atom is -0.459 e. The third-order valence-corrected chi connectivity index (χ3v) is 4.07. The van der Waals surface area contributed by atoms with Crippen molar-refractivity contribution in [3.8, 4) is 0 Å². The SMILES string of the molecule is Cc1cc(Br)cc(C(NN)c2cc3cccc(C)c3o2)c1. The van der Waals surface area contributed by atoms with Crippen LogP contribution in [-0.4, -0.2) is 0 Å². The first-order valence-corrected chi connectivity index (χ1v) is 7.60. The van der Waals surface area contributed by atoms with Gasteiger partial charge in [-0.05, 0) is 48.7 Å². The number of hydrogen-bond donors (Lipinski definition) is 2. The van der Waals surface area contributed by atoms with E-state index < -0.39 is 0 Å². The topological polar surface area (TPSA) is 51.2 Å². The monoisotopic (exact) mass is 344 g/mol. The van der Waals surface area contributed by atoms with Crippen LogP contribution in [0.4, 0.5) is 0 Å². The van der Waals surface area contributed by atoms with E-state index in [-0.39, 0.29) is 6.04 Å². The number of hydrogen-bond acceptors (Lipinski definition) is 3. The summed E-state index contributed by atoms with van der Waals surface area (Å²) in [7, 11) is 0. The number of furan rings is 1. The van der Waals surface area contributed by atoms with Crippen LogP contribution in [-0.2, 0) is 0 Å². The standard InChI is InChI=1S/C17H17BrN2O/c1-10-6-13(8-14(18)7-10)16(20-19)15-9-12-5-3-4-11(2)17(12)21-15/h3-9,16,20H,19H2,1-2H3. The van der Waals surface area contributed by atoms with Crippen LogP contribution in [0.25, 0.3) is 11.0 Å². The van der Waals surface area contributed by atoms with Gasteiger partial charge in [-0.25, -0.2) is 5.43 Å². The van der Waals surface area contributed by atoms with Crippen molar-refractivity contribution in [1.82, 2.24) is 5.43 Å². The van der Waals surface area contributed by atoms with Crippen LogP contribution in [0.1, 0.15) is 28.5 Å². The van der Waals surface area contributed by atoms with Gasteiger partial charge in [-0.3, -0.25) is 5.84 Å². The molecule has 3 aromatic rings. The Hall–Kier alpha value is -1.62. The lowest BCUT2D eigenvalue weighted by Crippen LogP contribution is -2.28. The Kier molecular flexibility index (Phi) is 3.85. The lowest BCUT2D eigenvalue weighted by atomic mass is 10.0. The molecule has 0 aliphatic carbocycles. The van der Waals surface area contributed by atoms with Crippen molar-refractivity contribution in [2.24, 2.45) is 5.84 Å². The second kappa shape index (κ2) is 5.64. The van der Waals surface area contributed by atoms with E-state index in [2.05, 4.69) is 52.5 Å². The molecule has 0 fully saturated rings. The van der Waals surface area contributed by atoms with Gasteiger partial charge in [0.05, 0.1) is 0 Å². The molecule has 108 valence electrons. The maximum absolute atomic E-state index is 6.03. The highest BCUT2D eigenvalue weighted by Crippen LogP contribution is 2.31. The first kappa shape index (κ1) is 14.3. The molecular weight excluding hydrogens is 328 g/mol. The molecule has 0 saturated heterocycles. The fraction of sp³-hybridized carbons (Fsp3) is 0.176. The molecule has 3 rings (SSSR count). The van der Waals surface area contributed by atoms with E-state index in [1.807, 2.05) is 25.1 Å². The summed E-state index contributed by atoms with van der Waals surface area (Å²) in [5.41, 5.74) is 7.14. The summed E-state index contributed by atoms with van der Waals surface area (Å²) >= 11 is 3.53. The van der Waals surface area contributed by atoms with Gasteiger partial charge in [0.2, 0.25) is 0 Å². The number of fused-ring (bicyclic) bond motifs is 1. The summed E-state index contributed by atoms with van der Waals surface area (Å²) in [6.07, 6.45) is 0. The minimum atomic E-state index is -0.173. The maximum atomic E-state index is 6.03. The highest BCUT2D eigenvalue weighted by atomic mass is 79.9. The molecule has 1 unspecified atom stereocenters. The van der Waals surface area contributed by atoms with Crippen LogP contribution in [0.3, 0.4) is 0 Å². The van der Waals surface area contributed by atoms with E-state index >= 15 is 0 Å². The van der Waals surface area contributed by atoms with E-state index in [1.165, 1.54) is 5.56 Å². The molecule has 0 radical (unpaired) electrons. The van der Waals surface area contributed by atoms with Crippen LogP contribution in [0, 0.1) is 13.8 Å². The molecule has 3 nitrogen and oxygen atoms in total. The summed E-state index contributed by atoms with van der Waals surface area (Å²) < 4.78 is 7.06. The van der Waals surface area contributed by atoms with Crippen LogP contribution in [0.5, 0.6) is 0 Å². The van der Waals surface area contributed by atoms with Crippen LogP contribution in [0.2, 0.25) is 0 Å². The van der Waals surface area contributed by atoms with Crippen molar-refractivity contribution in [3.05, 3.63) is 69.4 Å². The van der Waals surface area contributed by atoms with Gasteiger partial charge in [0, 0.05) is 9.86 Å². The lowest BCUT2D eigenvalue weighted by Gasteiger charge is -2.15. The number of nitrogens with one attached hydrogen (secondary N) is 1. The van der Waals surface area contributed by atoms with E-state index in [9.17, 15) is 0 Å². The van der Waals surface area contributed by atoms with E-state index in [4.69, 9.17) is 10.3 Å². The van der Waals surface area contributed by atoms with Crippen LogP contribution < -0.4 is 11.3 Å².